The first-order chi connectivity index (χ1) is 20.2. The lowest BCUT2D eigenvalue weighted by Crippen LogP contribution is -2.51. The molecule has 0 spiro atoms. The molecule has 6 N–H and O–H groups in total. The fourth-order valence-electron chi connectivity index (χ4n) is 5.45. The molecule has 42 heavy (non-hydrogen) atoms. The van der Waals surface area contributed by atoms with Crippen LogP contribution in [0.1, 0.15) is 36.0 Å². The number of aromatic hydroxyl groups is 1. The predicted octanol–water partition coefficient (Wildman–Crippen LogP) is 2.28. The summed E-state index contributed by atoms with van der Waals surface area (Å²) in [4.78, 5) is 54.3. The van der Waals surface area contributed by atoms with Crippen molar-refractivity contribution in [3.8, 4) is 5.75 Å². The first-order valence-electron chi connectivity index (χ1n) is 14.3. The number of nitrogens with two attached hydrogens (primary N) is 2. The number of benzene rings is 3. The Kier molecular flexibility index (Phi) is 10.4. The summed E-state index contributed by atoms with van der Waals surface area (Å²) in [5, 5.41) is 12.3. The van der Waals surface area contributed by atoms with Gasteiger partial charge in [-0.05, 0) is 54.5 Å². The Morgan fingerprint density at radius 3 is 2.00 bits per heavy atom. The molecule has 1 aliphatic rings. The number of hydrogen-bond donors (Lipinski definition) is 4. The van der Waals surface area contributed by atoms with Crippen molar-refractivity contribution in [2.45, 2.75) is 56.7 Å². The van der Waals surface area contributed by atoms with Gasteiger partial charge in [0, 0.05) is 25.3 Å². The molecule has 3 amide bonds. The molecule has 9 nitrogen and oxygen atoms in total. The number of ketones is 1. The number of hydrogen-bond acceptors (Lipinski definition) is 6. The fourth-order valence-corrected chi connectivity index (χ4v) is 5.45. The maximum absolute atomic E-state index is 13.7. The van der Waals surface area contributed by atoms with Crippen LogP contribution in [0.5, 0.6) is 5.75 Å². The van der Waals surface area contributed by atoms with Gasteiger partial charge in [0.1, 0.15) is 11.8 Å². The highest BCUT2D eigenvalue weighted by Gasteiger charge is 2.38. The number of nitrogens with one attached hydrogen (secondary N) is 1. The molecule has 0 aromatic heterocycles. The van der Waals surface area contributed by atoms with Crippen molar-refractivity contribution in [2.75, 3.05) is 6.54 Å². The van der Waals surface area contributed by atoms with Gasteiger partial charge in [0.15, 0.2) is 5.78 Å². The Morgan fingerprint density at radius 2 is 1.40 bits per heavy atom. The van der Waals surface area contributed by atoms with Crippen molar-refractivity contribution >= 4 is 23.5 Å². The van der Waals surface area contributed by atoms with E-state index in [9.17, 15) is 24.3 Å². The van der Waals surface area contributed by atoms with Gasteiger partial charge < -0.3 is 26.8 Å². The molecular weight excluding hydrogens is 532 g/mol. The van der Waals surface area contributed by atoms with E-state index >= 15 is 0 Å². The lowest BCUT2D eigenvalue weighted by molar-refractivity contribution is -0.139. The second-order valence-corrected chi connectivity index (χ2v) is 10.9. The number of Topliss-reactive ketones (excluding diaryl/α,β-unsaturated/α-hetero) is 1. The smallest absolute Gasteiger partial charge is 0.240 e. The summed E-state index contributed by atoms with van der Waals surface area (Å²) in [5.74, 6) is -2.27. The molecule has 1 heterocycles. The van der Waals surface area contributed by atoms with E-state index in [2.05, 4.69) is 5.32 Å². The van der Waals surface area contributed by atoms with Gasteiger partial charge in [-0.1, -0.05) is 72.8 Å². The van der Waals surface area contributed by atoms with Crippen molar-refractivity contribution < 1.29 is 24.3 Å². The van der Waals surface area contributed by atoms with Crippen LogP contribution in [0.4, 0.5) is 0 Å². The summed E-state index contributed by atoms with van der Waals surface area (Å²) in [6, 6.07) is 22.6. The van der Waals surface area contributed by atoms with Crippen molar-refractivity contribution in [1.82, 2.24) is 10.2 Å². The van der Waals surface area contributed by atoms with E-state index in [0.29, 0.717) is 19.4 Å². The molecule has 1 fully saturated rings. The summed E-state index contributed by atoms with van der Waals surface area (Å²) in [6.45, 7) is 0.412. The summed E-state index contributed by atoms with van der Waals surface area (Å²) < 4.78 is 0. The standard InChI is InChI=1S/C33H38N4O5/c34-27(19-24-13-15-26(38)16-14-24)33(42)37-17-7-12-29(37)30(39)21-25(18-22-8-3-1-4-9-22)32(41)36-28(31(35)40)20-23-10-5-2-6-11-23/h1-6,8-11,13-16,25,27-29,38H,7,12,17-21,34H2,(H2,35,40)(H,36,41). The molecule has 0 saturated carbocycles. The summed E-state index contributed by atoms with van der Waals surface area (Å²) >= 11 is 0. The Morgan fingerprint density at radius 1 is 0.833 bits per heavy atom. The van der Waals surface area contributed by atoms with Crippen LogP contribution < -0.4 is 16.8 Å². The van der Waals surface area contributed by atoms with Crippen molar-refractivity contribution in [3.05, 3.63) is 102 Å². The number of carbonyl (C=O) groups excluding carboxylic acids is 4. The Bertz CT molecular complexity index is 1360. The van der Waals surface area contributed by atoms with E-state index in [1.807, 2.05) is 60.7 Å². The summed E-state index contributed by atoms with van der Waals surface area (Å²) in [5.41, 5.74) is 14.4. The summed E-state index contributed by atoms with van der Waals surface area (Å²) in [6.07, 6.45) is 1.84. The Balaban J connectivity index is 1.46. The van der Waals surface area contributed by atoms with Crippen LogP contribution in [-0.4, -0.2) is 58.2 Å². The number of phenols is 1. The number of rotatable bonds is 13. The molecule has 4 rings (SSSR count). The number of likely N-dealkylation sites (tertiary alicyclic amines) is 1. The number of nitrogens with zero attached hydrogens (tertiary/aromatic N) is 1. The molecule has 1 aliphatic heterocycles. The van der Waals surface area contributed by atoms with Gasteiger partial charge in [0.05, 0.1) is 12.1 Å². The molecular formula is C33H38N4O5. The molecule has 1 saturated heterocycles. The van der Waals surface area contributed by atoms with E-state index in [0.717, 1.165) is 16.7 Å². The zero-order chi connectivity index (χ0) is 30.1. The summed E-state index contributed by atoms with van der Waals surface area (Å²) in [7, 11) is 0. The first kappa shape index (κ1) is 30.5. The van der Waals surface area contributed by atoms with Crippen molar-refractivity contribution in [1.29, 1.82) is 0 Å². The van der Waals surface area contributed by atoms with Crippen molar-refractivity contribution in [3.63, 3.8) is 0 Å². The fraction of sp³-hybridized carbons (Fsp3) is 0.333. The van der Waals surface area contributed by atoms with E-state index in [4.69, 9.17) is 11.5 Å². The number of amides is 3. The predicted molar refractivity (Wildman–Crippen MR) is 159 cm³/mol. The van der Waals surface area contributed by atoms with E-state index in [1.54, 1.807) is 12.1 Å². The van der Waals surface area contributed by atoms with Crippen LogP contribution in [0.15, 0.2) is 84.9 Å². The second-order valence-electron chi connectivity index (χ2n) is 10.9. The van der Waals surface area contributed by atoms with Crippen LogP contribution in [-0.2, 0) is 38.4 Å². The molecule has 0 radical (unpaired) electrons. The highest BCUT2D eigenvalue weighted by atomic mass is 16.3. The molecule has 4 atom stereocenters. The number of primary amides is 1. The van der Waals surface area contributed by atoms with Gasteiger partial charge in [-0.2, -0.15) is 0 Å². The number of phenolic OH excluding ortho intramolecular Hbond substituents is 1. The average molecular weight is 571 g/mol. The van der Waals surface area contributed by atoms with Crippen LogP contribution in [0.3, 0.4) is 0 Å². The quantitative estimate of drug-likeness (QED) is 0.247. The van der Waals surface area contributed by atoms with Crippen molar-refractivity contribution in [2.24, 2.45) is 17.4 Å². The lowest BCUT2D eigenvalue weighted by Gasteiger charge is -2.28. The van der Waals surface area contributed by atoms with Crippen LogP contribution in [0, 0.1) is 5.92 Å². The molecule has 4 unspecified atom stereocenters. The Labute approximate surface area is 245 Å². The maximum Gasteiger partial charge on any atom is 0.240 e. The largest absolute Gasteiger partial charge is 0.508 e. The third-order valence-electron chi connectivity index (χ3n) is 7.70. The van der Waals surface area contributed by atoms with Crippen LogP contribution in [0.2, 0.25) is 0 Å². The highest BCUT2D eigenvalue weighted by Crippen LogP contribution is 2.24. The normalized spacial score (nSPS) is 16.8. The lowest BCUT2D eigenvalue weighted by atomic mass is 9.90. The third kappa shape index (κ3) is 8.27. The van der Waals surface area contributed by atoms with Gasteiger partial charge in [0.25, 0.3) is 0 Å². The van der Waals surface area contributed by atoms with Gasteiger partial charge >= 0.3 is 0 Å². The van der Waals surface area contributed by atoms with Gasteiger partial charge in [-0.25, -0.2) is 0 Å². The molecule has 0 bridgehead atoms. The van der Waals surface area contributed by atoms with E-state index in [-0.39, 0.29) is 43.1 Å². The molecule has 220 valence electrons. The molecule has 9 heteroatoms. The van der Waals surface area contributed by atoms with Gasteiger partial charge in [-0.15, -0.1) is 0 Å². The SMILES string of the molecule is NC(=O)C(Cc1ccccc1)NC(=O)C(CC(=O)C1CCCN1C(=O)C(N)Cc1ccc(O)cc1)Cc1ccccc1. The zero-order valence-corrected chi connectivity index (χ0v) is 23.5. The molecule has 0 aliphatic carbocycles. The minimum absolute atomic E-state index is 0.0980. The highest BCUT2D eigenvalue weighted by molar-refractivity contribution is 5.95. The number of carbonyl (C=O) groups is 4. The van der Waals surface area contributed by atoms with Gasteiger partial charge in [0.2, 0.25) is 17.7 Å². The van der Waals surface area contributed by atoms with E-state index in [1.165, 1.54) is 17.0 Å². The first-order valence-corrected chi connectivity index (χ1v) is 14.3. The zero-order valence-electron chi connectivity index (χ0n) is 23.5. The average Bonchev–Trinajstić information content (AvgIpc) is 3.48. The minimum Gasteiger partial charge on any atom is -0.508 e. The van der Waals surface area contributed by atoms with E-state index < -0.39 is 35.9 Å². The topological polar surface area (TPSA) is 156 Å². The molecule has 3 aromatic carbocycles. The minimum atomic E-state index is -0.935. The van der Waals surface area contributed by atoms with Crippen LogP contribution in [0.25, 0.3) is 0 Å². The molecule has 3 aromatic rings. The van der Waals surface area contributed by atoms with Gasteiger partial charge in [-0.3, -0.25) is 19.2 Å². The Hall–Kier alpha value is -4.50. The second kappa shape index (κ2) is 14.4. The monoisotopic (exact) mass is 570 g/mol. The third-order valence-corrected chi connectivity index (χ3v) is 7.70. The van der Waals surface area contributed by atoms with Crippen LogP contribution >= 0.6 is 0 Å². The maximum atomic E-state index is 13.7.